The summed E-state index contributed by atoms with van der Waals surface area (Å²) in [5.41, 5.74) is 0.783. The number of benzene rings is 1. The van der Waals surface area contributed by atoms with Crippen molar-refractivity contribution in [3.05, 3.63) is 23.8 Å². The summed E-state index contributed by atoms with van der Waals surface area (Å²) in [6.45, 7) is 5.89. The Labute approximate surface area is 107 Å². The maximum atomic E-state index is 11.6. The van der Waals surface area contributed by atoms with E-state index in [1.807, 2.05) is 6.92 Å². The Morgan fingerprint density at radius 1 is 1.44 bits per heavy atom. The molecule has 0 fully saturated rings. The molecule has 1 rings (SSSR count). The van der Waals surface area contributed by atoms with Crippen LogP contribution < -0.4 is 15.3 Å². The van der Waals surface area contributed by atoms with Gasteiger partial charge >= 0.3 is 5.97 Å². The quantitative estimate of drug-likeness (QED) is 0.285. The van der Waals surface area contributed by atoms with Crippen LogP contribution in [0.1, 0.15) is 26.3 Å². The molecule has 0 amide bonds. The fourth-order valence-corrected chi connectivity index (χ4v) is 1.27. The predicted octanol–water partition coefficient (Wildman–Crippen LogP) is 1.94. The first-order chi connectivity index (χ1) is 8.58. The van der Waals surface area contributed by atoms with Crippen molar-refractivity contribution in [2.24, 2.45) is 16.9 Å². The molecule has 0 saturated carbocycles. The molecule has 1 aromatic carbocycles. The molecule has 0 radical (unpaired) electrons. The fraction of sp³-hybridized carbons (Fsp3) is 0.385. The Bertz CT molecular complexity index is 442. The molecule has 0 spiro atoms. The Hall–Kier alpha value is -2.04. The van der Waals surface area contributed by atoms with E-state index in [2.05, 4.69) is 5.10 Å². The molecule has 18 heavy (non-hydrogen) atoms. The van der Waals surface area contributed by atoms with Gasteiger partial charge in [0.2, 0.25) is 0 Å². The van der Waals surface area contributed by atoms with Crippen LogP contribution in [0.2, 0.25) is 0 Å². The van der Waals surface area contributed by atoms with Crippen LogP contribution in [0.25, 0.3) is 0 Å². The standard InChI is InChI=1S/C13H18N2O3/c1-4-17-12-7-10(8-15-14)5-6-11(12)18-13(16)9(2)3/h5-9H,4,14H2,1-3H3. The summed E-state index contributed by atoms with van der Waals surface area (Å²) >= 11 is 0. The van der Waals surface area contributed by atoms with Gasteiger partial charge in [-0.15, -0.1) is 0 Å². The van der Waals surface area contributed by atoms with Crippen molar-refractivity contribution < 1.29 is 14.3 Å². The van der Waals surface area contributed by atoms with Crippen LogP contribution in [0.4, 0.5) is 0 Å². The zero-order valence-electron chi connectivity index (χ0n) is 10.8. The first kappa shape index (κ1) is 14.0. The van der Waals surface area contributed by atoms with Crippen LogP contribution in [0.15, 0.2) is 23.3 Å². The lowest BCUT2D eigenvalue weighted by Crippen LogP contribution is -2.15. The Balaban J connectivity index is 2.99. The zero-order chi connectivity index (χ0) is 13.5. The molecule has 0 atom stereocenters. The number of nitrogens with two attached hydrogens (primary N) is 1. The van der Waals surface area contributed by atoms with E-state index in [4.69, 9.17) is 15.3 Å². The highest BCUT2D eigenvalue weighted by molar-refractivity contribution is 5.81. The zero-order valence-corrected chi connectivity index (χ0v) is 10.8. The van der Waals surface area contributed by atoms with Crippen LogP contribution in [0.3, 0.4) is 0 Å². The third-order valence-electron chi connectivity index (χ3n) is 2.17. The summed E-state index contributed by atoms with van der Waals surface area (Å²) in [6, 6.07) is 5.15. The number of hydrogen-bond acceptors (Lipinski definition) is 5. The molecule has 0 aliphatic heterocycles. The molecular formula is C13H18N2O3. The third kappa shape index (κ3) is 3.76. The van der Waals surface area contributed by atoms with Gasteiger partial charge in [0, 0.05) is 0 Å². The normalized spacial score (nSPS) is 10.9. The van der Waals surface area contributed by atoms with Gasteiger partial charge in [-0.05, 0) is 30.7 Å². The first-order valence-corrected chi connectivity index (χ1v) is 5.80. The Kier molecular flexibility index (Phi) is 5.17. The predicted molar refractivity (Wildman–Crippen MR) is 69.9 cm³/mol. The number of nitrogens with zero attached hydrogens (tertiary/aromatic N) is 1. The van der Waals surface area contributed by atoms with Gasteiger partial charge in [0.05, 0.1) is 18.7 Å². The van der Waals surface area contributed by atoms with E-state index in [-0.39, 0.29) is 11.9 Å². The van der Waals surface area contributed by atoms with E-state index in [0.717, 1.165) is 5.56 Å². The maximum absolute atomic E-state index is 11.6. The smallest absolute Gasteiger partial charge is 0.313 e. The minimum absolute atomic E-state index is 0.190. The fourth-order valence-electron chi connectivity index (χ4n) is 1.27. The van der Waals surface area contributed by atoms with Crippen LogP contribution in [-0.4, -0.2) is 18.8 Å². The second kappa shape index (κ2) is 6.64. The van der Waals surface area contributed by atoms with E-state index in [1.54, 1.807) is 32.0 Å². The summed E-state index contributed by atoms with van der Waals surface area (Å²) in [5, 5.41) is 3.44. The van der Waals surface area contributed by atoms with Gasteiger partial charge in [-0.1, -0.05) is 13.8 Å². The molecule has 1 aromatic rings. The second-order valence-electron chi connectivity index (χ2n) is 3.99. The van der Waals surface area contributed by atoms with Crippen molar-refractivity contribution in [3.8, 4) is 11.5 Å². The van der Waals surface area contributed by atoms with E-state index in [0.29, 0.717) is 18.1 Å². The minimum atomic E-state index is -0.295. The number of hydrazone groups is 1. The summed E-state index contributed by atoms with van der Waals surface area (Å²) in [5.74, 6) is 5.51. The number of carbonyl (C=O) groups is 1. The molecule has 2 N–H and O–H groups in total. The monoisotopic (exact) mass is 250 g/mol. The Morgan fingerprint density at radius 2 is 2.17 bits per heavy atom. The lowest BCUT2D eigenvalue weighted by atomic mass is 10.2. The highest BCUT2D eigenvalue weighted by Gasteiger charge is 2.13. The van der Waals surface area contributed by atoms with E-state index in [1.165, 1.54) is 6.21 Å². The van der Waals surface area contributed by atoms with Gasteiger partial charge in [0.1, 0.15) is 0 Å². The van der Waals surface area contributed by atoms with Gasteiger partial charge in [-0.25, -0.2) is 0 Å². The molecule has 5 heteroatoms. The lowest BCUT2D eigenvalue weighted by Gasteiger charge is -2.12. The van der Waals surface area contributed by atoms with Crippen molar-refractivity contribution in [2.45, 2.75) is 20.8 Å². The van der Waals surface area contributed by atoms with Crippen molar-refractivity contribution >= 4 is 12.2 Å². The topological polar surface area (TPSA) is 73.9 Å². The number of carbonyl (C=O) groups excluding carboxylic acids is 1. The van der Waals surface area contributed by atoms with Crippen molar-refractivity contribution in [1.29, 1.82) is 0 Å². The molecule has 0 bridgehead atoms. The number of esters is 1. The molecule has 0 aliphatic rings. The molecular weight excluding hydrogens is 232 g/mol. The minimum Gasteiger partial charge on any atom is -0.490 e. The van der Waals surface area contributed by atoms with Crippen molar-refractivity contribution in [1.82, 2.24) is 0 Å². The van der Waals surface area contributed by atoms with Gasteiger partial charge < -0.3 is 15.3 Å². The average molecular weight is 250 g/mol. The van der Waals surface area contributed by atoms with Gasteiger partial charge in [0.25, 0.3) is 0 Å². The lowest BCUT2D eigenvalue weighted by molar-refractivity contribution is -0.137. The van der Waals surface area contributed by atoms with Gasteiger partial charge in [-0.3, -0.25) is 4.79 Å². The van der Waals surface area contributed by atoms with Crippen LogP contribution >= 0.6 is 0 Å². The molecule has 0 aliphatic carbocycles. The van der Waals surface area contributed by atoms with E-state index in [9.17, 15) is 4.79 Å². The SMILES string of the molecule is CCOc1cc(C=NN)ccc1OC(=O)C(C)C. The summed E-state index contributed by atoms with van der Waals surface area (Å²) < 4.78 is 10.7. The van der Waals surface area contributed by atoms with Gasteiger partial charge in [-0.2, -0.15) is 5.10 Å². The van der Waals surface area contributed by atoms with Crippen molar-refractivity contribution in [2.75, 3.05) is 6.61 Å². The summed E-state index contributed by atoms with van der Waals surface area (Å²) in [7, 11) is 0. The molecule has 5 nitrogen and oxygen atoms in total. The summed E-state index contributed by atoms with van der Waals surface area (Å²) in [4.78, 5) is 11.6. The van der Waals surface area contributed by atoms with Crippen molar-refractivity contribution in [3.63, 3.8) is 0 Å². The number of ether oxygens (including phenoxy) is 2. The largest absolute Gasteiger partial charge is 0.490 e. The number of hydrogen-bond donors (Lipinski definition) is 1. The number of rotatable bonds is 5. The third-order valence-corrected chi connectivity index (χ3v) is 2.17. The van der Waals surface area contributed by atoms with Crippen LogP contribution in [0, 0.1) is 5.92 Å². The second-order valence-corrected chi connectivity index (χ2v) is 3.99. The van der Waals surface area contributed by atoms with Gasteiger partial charge in [0.15, 0.2) is 11.5 Å². The summed E-state index contributed by atoms with van der Waals surface area (Å²) in [6.07, 6.45) is 1.50. The molecule has 0 unspecified atom stereocenters. The first-order valence-electron chi connectivity index (χ1n) is 5.80. The van der Waals surface area contributed by atoms with E-state index < -0.39 is 0 Å². The maximum Gasteiger partial charge on any atom is 0.313 e. The van der Waals surface area contributed by atoms with E-state index >= 15 is 0 Å². The van der Waals surface area contributed by atoms with Crippen LogP contribution in [0.5, 0.6) is 11.5 Å². The molecule has 0 heterocycles. The average Bonchev–Trinajstić information content (AvgIpc) is 2.33. The molecule has 0 saturated heterocycles. The van der Waals surface area contributed by atoms with Crippen LogP contribution in [-0.2, 0) is 4.79 Å². The highest BCUT2D eigenvalue weighted by Crippen LogP contribution is 2.28. The molecule has 98 valence electrons. The highest BCUT2D eigenvalue weighted by atomic mass is 16.6. The molecule has 0 aromatic heterocycles. The Morgan fingerprint density at radius 3 is 2.72 bits per heavy atom.